The zero-order valence-electron chi connectivity index (χ0n) is 15.7. The maximum absolute atomic E-state index is 13.3. The van der Waals surface area contributed by atoms with Crippen LogP contribution in [0.4, 0.5) is 0 Å². The standard InChI is InChI=1S/C23H19N3O2/c1-23(2)11-9-15-18(28-23)8-7-16-19(15)25-21-20-14(10-12-26(21)22(16)27)13-5-3-4-6-17(13)24-20/h3-9,11,24H,10,12H2,1-2H3. The normalized spacial score (nSPS) is 16.5. The van der Waals surface area contributed by atoms with Crippen LogP contribution in [0.15, 0.2) is 47.3 Å². The van der Waals surface area contributed by atoms with Crippen molar-refractivity contribution in [1.82, 2.24) is 14.5 Å². The number of aromatic nitrogens is 3. The Balaban J connectivity index is 1.69. The minimum absolute atomic E-state index is 0.00494. The van der Waals surface area contributed by atoms with Gasteiger partial charge in [0.1, 0.15) is 11.4 Å². The molecule has 138 valence electrons. The van der Waals surface area contributed by atoms with Crippen molar-refractivity contribution in [3.8, 4) is 17.3 Å². The molecular weight excluding hydrogens is 350 g/mol. The van der Waals surface area contributed by atoms with Gasteiger partial charge >= 0.3 is 0 Å². The fourth-order valence-corrected chi connectivity index (χ4v) is 4.41. The molecule has 0 aliphatic carbocycles. The molecule has 0 spiro atoms. The Kier molecular flexibility index (Phi) is 2.88. The second kappa shape index (κ2) is 5.13. The summed E-state index contributed by atoms with van der Waals surface area (Å²) < 4.78 is 7.88. The number of aromatic amines is 1. The van der Waals surface area contributed by atoms with E-state index < -0.39 is 0 Å². The number of hydrogen-bond acceptors (Lipinski definition) is 3. The second-order valence-corrected chi connectivity index (χ2v) is 8.08. The van der Waals surface area contributed by atoms with Crippen LogP contribution in [0.5, 0.6) is 5.75 Å². The van der Waals surface area contributed by atoms with Gasteiger partial charge in [0.2, 0.25) is 0 Å². The number of hydrogen-bond donors (Lipinski definition) is 1. The van der Waals surface area contributed by atoms with E-state index in [1.54, 1.807) is 4.57 Å². The lowest BCUT2D eigenvalue weighted by atomic mass is 9.99. The van der Waals surface area contributed by atoms with Crippen LogP contribution in [0.2, 0.25) is 0 Å². The minimum Gasteiger partial charge on any atom is -0.483 e. The molecule has 0 atom stereocenters. The van der Waals surface area contributed by atoms with Crippen molar-refractivity contribution < 1.29 is 4.74 Å². The first-order valence-corrected chi connectivity index (χ1v) is 9.58. The summed E-state index contributed by atoms with van der Waals surface area (Å²) in [6, 6.07) is 12.0. The number of fused-ring (bicyclic) bond motifs is 8. The molecule has 6 rings (SSSR count). The molecule has 2 aliphatic heterocycles. The van der Waals surface area contributed by atoms with Crippen LogP contribution in [0.3, 0.4) is 0 Å². The molecular formula is C23H19N3O2. The van der Waals surface area contributed by atoms with Crippen molar-refractivity contribution in [2.45, 2.75) is 32.4 Å². The zero-order valence-corrected chi connectivity index (χ0v) is 15.7. The first-order valence-electron chi connectivity index (χ1n) is 9.58. The highest BCUT2D eigenvalue weighted by molar-refractivity contribution is 5.94. The highest BCUT2D eigenvalue weighted by Gasteiger charge is 2.27. The molecule has 1 N–H and O–H groups in total. The summed E-state index contributed by atoms with van der Waals surface area (Å²) in [4.78, 5) is 21.7. The third-order valence-electron chi connectivity index (χ3n) is 5.77. The molecule has 2 aliphatic rings. The maximum Gasteiger partial charge on any atom is 0.261 e. The molecule has 5 heteroatoms. The van der Waals surface area contributed by atoms with Crippen LogP contribution < -0.4 is 10.3 Å². The Morgan fingerprint density at radius 2 is 2.00 bits per heavy atom. The smallest absolute Gasteiger partial charge is 0.261 e. The summed E-state index contributed by atoms with van der Waals surface area (Å²) in [5.74, 6) is 1.48. The topological polar surface area (TPSA) is 59.9 Å². The Hall–Kier alpha value is -3.34. The molecule has 5 nitrogen and oxygen atoms in total. The van der Waals surface area contributed by atoms with E-state index in [0.717, 1.165) is 28.9 Å². The predicted molar refractivity (Wildman–Crippen MR) is 111 cm³/mol. The van der Waals surface area contributed by atoms with Gasteiger partial charge in [0.05, 0.1) is 16.6 Å². The van der Waals surface area contributed by atoms with Gasteiger partial charge in [0.25, 0.3) is 5.56 Å². The number of para-hydroxylation sites is 1. The Labute approximate surface area is 161 Å². The molecule has 0 saturated heterocycles. The highest BCUT2D eigenvalue weighted by Crippen LogP contribution is 2.37. The van der Waals surface area contributed by atoms with Crippen LogP contribution >= 0.6 is 0 Å². The summed E-state index contributed by atoms with van der Waals surface area (Å²) in [7, 11) is 0. The third-order valence-corrected chi connectivity index (χ3v) is 5.77. The lowest BCUT2D eigenvalue weighted by molar-refractivity contribution is 0.159. The van der Waals surface area contributed by atoms with Crippen molar-refractivity contribution in [1.29, 1.82) is 0 Å². The third kappa shape index (κ3) is 2.01. The van der Waals surface area contributed by atoms with Crippen molar-refractivity contribution in [3.05, 3.63) is 64.0 Å². The van der Waals surface area contributed by atoms with Gasteiger partial charge in [-0.05, 0) is 56.2 Å². The quantitative estimate of drug-likeness (QED) is 0.503. The lowest BCUT2D eigenvalue weighted by Gasteiger charge is -2.28. The molecule has 4 heterocycles. The van der Waals surface area contributed by atoms with E-state index in [0.29, 0.717) is 23.3 Å². The summed E-state index contributed by atoms with van der Waals surface area (Å²) >= 11 is 0. The lowest BCUT2D eigenvalue weighted by Crippen LogP contribution is -2.29. The SMILES string of the molecule is CC1(C)C=Cc2c(ccc3c(=O)n4c(nc23)-c2[nH]c3ccccc3c2CC4)O1. The van der Waals surface area contributed by atoms with E-state index in [2.05, 4.69) is 17.1 Å². The van der Waals surface area contributed by atoms with E-state index in [1.807, 2.05) is 50.3 Å². The number of H-pyrrole nitrogens is 1. The van der Waals surface area contributed by atoms with Gasteiger partial charge in [-0.15, -0.1) is 0 Å². The fraction of sp³-hybridized carbons (Fsp3) is 0.217. The first-order chi connectivity index (χ1) is 13.5. The number of benzene rings is 2. The molecule has 0 fully saturated rings. The number of ether oxygens (including phenoxy) is 1. The van der Waals surface area contributed by atoms with E-state index >= 15 is 0 Å². The van der Waals surface area contributed by atoms with E-state index in [9.17, 15) is 4.79 Å². The zero-order chi connectivity index (χ0) is 19.0. The Morgan fingerprint density at radius 3 is 2.89 bits per heavy atom. The molecule has 0 amide bonds. The number of rotatable bonds is 0. The Bertz CT molecular complexity index is 1390. The maximum atomic E-state index is 13.3. The predicted octanol–water partition coefficient (Wildman–Crippen LogP) is 4.29. The summed E-state index contributed by atoms with van der Waals surface area (Å²) in [5, 5.41) is 1.84. The summed E-state index contributed by atoms with van der Waals surface area (Å²) in [5.41, 5.74) is 4.48. The van der Waals surface area contributed by atoms with Crippen LogP contribution in [-0.4, -0.2) is 20.1 Å². The van der Waals surface area contributed by atoms with Gasteiger partial charge in [-0.1, -0.05) is 18.2 Å². The monoisotopic (exact) mass is 369 g/mol. The number of nitrogens with one attached hydrogen (secondary N) is 1. The minimum atomic E-state index is -0.367. The van der Waals surface area contributed by atoms with Crippen molar-refractivity contribution in [3.63, 3.8) is 0 Å². The molecule has 2 aromatic heterocycles. The van der Waals surface area contributed by atoms with Crippen molar-refractivity contribution >= 4 is 27.9 Å². The highest BCUT2D eigenvalue weighted by atomic mass is 16.5. The van der Waals surface area contributed by atoms with Crippen LogP contribution in [0.1, 0.15) is 25.0 Å². The van der Waals surface area contributed by atoms with Crippen LogP contribution in [-0.2, 0) is 13.0 Å². The molecule has 0 radical (unpaired) electrons. The van der Waals surface area contributed by atoms with E-state index in [4.69, 9.17) is 9.72 Å². The van der Waals surface area contributed by atoms with Crippen molar-refractivity contribution in [2.24, 2.45) is 0 Å². The average molecular weight is 369 g/mol. The second-order valence-electron chi connectivity index (χ2n) is 8.08. The average Bonchev–Trinajstić information content (AvgIpc) is 3.06. The first kappa shape index (κ1) is 15.7. The summed E-state index contributed by atoms with van der Waals surface area (Å²) in [6.45, 7) is 4.67. The van der Waals surface area contributed by atoms with Crippen LogP contribution in [0, 0.1) is 0 Å². The van der Waals surface area contributed by atoms with Gasteiger partial charge in [0, 0.05) is 23.0 Å². The number of aryl methyl sites for hydroxylation is 1. The molecule has 28 heavy (non-hydrogen) atoms. The fourth-order valence-electron chi connectivity index (χ4n) is 4.41. The van der Waals surface area contributed by atoms with Gasteiger partial charge in [-0.2, -0.15) is 0 Å². The van der Waals surface area contributed by atoms with Gasteiger partial charge in [0.15, 0.2) is 5.82 Å². The number of nitrogens with zero attached hydrogens (tertiary/aromatic N) is 2. The van der Waals surface area contributed by atoms with Crippen molar-refractivity contribution in [2.75, 3.05) is 0 Å². The van der Waals surface area contributed by atoms with E-state index in [1.165, 1.54) is 10.9 Å². The van der Waals surface area contributed by atoms with E-state index in [-0.39, 0.29) is 11.2 Å². The molecule has 0 bridgehead atoms. The Morgan fingerprint density at radius 1 is 1.14 bits per heavy atom. The summed E-state index contributed by atoms with van der Waals surface area (Å²) in [6.07, 6.45) is 4.86. The van der Waals surface area contributed by atoms with Gasteiger partial charge in [-0.3, -0.25) is 9.36 Å². The molecule has 0 saturated carbocycles. The largest absolute Gasteiger partial charge is 0.483 e. The molecule has 2 aromatic carbocycles. The van der Waals surface area contributed by atoms with Crippen LogP contribution in [0.25, 0.3) is 39.4 Å². The molecule has 0 unspecified atom stereocenters. The van der Waals surface area contributed by atoms with Gasteiger partial charge in [-0.25, -0.2) is 4.98 Å². The van der Waals surface area contributed by atoms with Gasteiger partial charge < -0.3 is 9.72 Å². The molecule has 4 aromatic rings.